The summed E-state index contributed by atoms with van der Waals surface area (Å²) in [7, 11) is 0. The maximum atomic E-state index is 9.57. The number of anilines is 4. The number of hydrogen-bond acceptors (Lipinski definition) is 8. The Morgan fingerprint density at radius 3 is 0.865 bits per heavy atom. The molecular formula is C118H162N8. The average Bonchev–Trinajstić information content (AvgIpc) is 1.54. The number of fused-ring (bicyclic) bond motifs is 4. The second-order valence-corrected chi connectivity index (χ2v) is 41.1. The molecule has 0 bridgehead atoms. The number of aryl methyl sites for hydroxylation is 4. The predicted octanol–water partition coefficient (Wildman–Crippen LogP) is 31.5. The quantitative estimate of drug-likeness (QED) is 0.100. The van der Waals surface area contributed by atoms with Crippen LogP contribution in [0.25, 0.3) is 0 Å². The largest absolute Gasteiger partial charge is 0.342 e. The molecule has 8 nitrogen and oxygen atoms in total. The van der Waals surface area contributed by atoms with Crippen LogP contribution in [0, 0.1) is 81.0 Å². The van der Waals surface area contributed by atoms with Gasteiger partial charge < -0.3 is 39.2 Å². The summed E-state index contributed by atoms with van der Waals surface area (Å²) in [4.78, 5) is 22.2. The molecule has 126 heavy (non-hydrogen) atoms. The first-order valence-electron chi connectivity index (χ1n) is 50.5. The van der Waals surface area contributed by atoms with Crippen LogP contribution in [0.15, 0.2) is 252 Å². The maximum absolute atomic E-state index is 9.57. The molecule has 6 aromatic rings. The molecule has 23 rings (SSSR count). The van der Waals surface area contributed by atoms with Crippen molar-refractivity contribution in [3.8, 4) is 0 Å². The summed E-state index contributed by atoms with van der Waals surface area (Å²) in [5, 5.41) is 0. The topological polar surface area (TPSA) is 25.9 Å². The van der Waals surface area contributed by atoms with E-state index >= 15 is 0 Å². The predicted molar refractivity (Wildman–Crippen MR) is 536 cm³/mol. The highest BCUT2D eigenvalue weighted by Crippen LogP contribution is 2.63. The van der Waals surface area contributed by atoms with Crippen molar-refractivity contribution >= 4 is 22.7 Å². The van der Waals surface area contributed by atoms with Gasteiger partial charge in [0.1, 0.15) is 24.7 Å². The van der Waals surface area contributed by atoms with Gasteiger partial charge in [-0.25, -0.2) is 0 Å². The molecular weight excluding hydrogens is 1530 g/mol. The first kappa shape index (κ1) is 89.6. The molecule has 8 heterocycles. The summed E-state index contributed by atoms with van der Waals surface area (Å²) >= 11 is 0. The SMILES string of the molecule is C.C.C.C.CC1=C2C=CC(C3CCCC3)(C3CCCC3)N2C(C2CCCC2)N1c1ccccc1C.CC1=C2C=CC(c3ccccc3)(C3CCCC3)N2C(C2CCCC2)N1c1ccccc1C.CC1=C2C=CC(c3ccccc3)(C3CCCCC3)N2C(C2CCCC2)N1c1ccccc1C.[2H]C1(C2CCCC2)C=CC2=C(C)N(c3ccccc3C)C(C3CCCC3)N21. The summed E-state index contributed by atoms with van der Waals surface area (Å²) < 4.78 is 9.57. The molecule has 17 aliphatic rings. The first-order valence-corrected chi connectivity index (χ1v) is 50.0. The van der Waals surface area contributed by atoms with Crippen LogP contribution in [0.2, 0.25) is 0 Å². The van der Waals surface area contributed by atoms with Crippen molar-refractivity contribution in [2.24, 2.45) is 53.3 Å². The van der Waals surface area contributed by atoms with Crippen molar-refractivity contribution in [3.63, 3.8) is 0 Å². The van der Waals surface area contributed by atoms with Crippen LogP contribution in [0.4, 0.5) is 22.7 Å². The minimum Gasteiger partial charge on any atom is -0.342 e. The molecule has 0 spiro atoms. The summed E-state index contributed by atoms with van der Waals surface area (Å²) in [6, 6.07) is 58.3. The zero-order valence-corrected chi connectivity index (χ0v) is 75.9. The Bertz CT molecular complexity index is 4990. The summed E-state index contributed by atoms with van der Waals surface area (Å²) in [5.74, 6) is 6.39. The zero-order chi connectivity index (χ0) is 83.7. The van der Waals surface area contributed by atoms with E-state index in [2.05, 4.69) is 301 Å². The molecule has 9 fully saturated rings. The van der Waals surface area contributed by atoms with Crippen molar-refractivity contribution in [2.75, 3.05) is 19.6 Å². The van der Waals surface area contributed by atoms with Crippen LogP contribution >= 0.6 is 0 Å². The Labute approximate surface area is 767 Å². The molecule has 0 amide bonds. The van der Waals surface area contributed by atoms with E-state index in [9.17, 15) is 1.37 Å². The van der Waals surface area contributed by atoms with Crippen LogP contribution in [-0.4, -0.2) is 55.8 Å². The van der Waals surface area contributed by atoms with Gasteiger partial charge in [0.2, 0.25) is 0 Å². The third-order valence-corrected chi connectivity index (χ3v) is 34.7. The van der Waals surface area contributed by atoms with Gasteiger partial charge in [0.15, 0.2) is 0 Å². The third kappa shape index (κ3) is 15.5. The van der Waals surface area contributed by atoms with Crippen molar-refractivity contribution in [1.82, 2.24) is 19.6 Å². The number of hydrogen-bond donors (Lipinski definition) is 0. The highest BCUT2D eigenvalue weighted by molar-refractivity contribution is 5.68. The Morgan fingerprint density at radius 1 is 0.254 bits per heavy atom. The second kappa shape index (κ2) is 38.7. The molecule has 0 radical (unpaired) electrons. The van der Waals surface area contributed by atoms with Gasteiger partial charge in [-0.3, -0.25) is 0 Å². The lowest BCUT2D eigenvalue weighted by atomic mass is 9.70. The smallest absolute Gasteiger partial charge is 0.110 e. The molecule has 0 N–H and O–H groups in total. The standard InChI is InChI=1S/C31H38N2.C30H36N2.C29H40N2.C24H32N2.4CH4/c1-23-13-9-12-20-28(23)32-24(2)29-21-22-31(26-16-5-3-6-17-26,27-18-7-4-8-19-27)33(29)30(32)25-14-10-11-15-25;1-22-12-6-11-19-27(22)31-23(2)28-20-21-30(26-17-9-10-18-26,25-15-4-3-5-16-25)32(28)29(31)24-13-7-8-14-24;1-21-11-3-10-18-26(21)30-22(2)27-19-20-29(24-14-6-7-15-24,25-16-8-9-17-25)31(27)28(30)23-12-4-5-13-23;1-17-9-3-8-14-21(17)25-18(2)22-15-16-23(19-10-4-5-11-19)26(22)24(25)20-12-6-7-13-20;;;;/h3,5-6,9,12-13,16-17,20-22,25,27,30H,4,7-8,10-11,14-15,18-19H2,1-2H3;3-6,11-12,15-16,19-21,24,26,29H,7-10,13-14,17-18H2,1-2H3;3,10-11,18-20,23-25,28H,4-9,12-17H2,1-2H3;3,8-9,14-16,19-20,23-24H,4-7,10-13H2,1-2H3;4*1H4/i;;;23D;;;;. The molecule has 9 aliphatic carbocycles. The second-order valence-electron chi connectivity index (χ2n) is 41.1. The van der Waals surface area contributed by atoms with Gasteiger partial charge in [-0.05, 0) is 306 Å². The van der Waals surface area contributed by atoms with Gasteiger partial charge in [-0.1, -0.05) is 309 Å². The fraction of sp³-hybridized carbons (Fsp3) is 0.559. The third-order valence-electron chi connectivity index (χ3n) is 34.7. The van der Waals surface area contributed by atoms with E-state index < -0.39 is 6.02 Å². The molecule has 8 heteroatoms. The molecule has 0 saturated heterocycles. The fourth-order valence-electron chi connectivity index (χ4n) is 29.1. The maximum Gasteiger partial charge on any atom is 0.110 e. The molecule has 9 saturated carbocycles. The van der Waals surface area contributed by atoms with Gasteiger partial charge in [-0.15, -0.1) is 0 Å². The van der Waals surface area contributed by atoms with Crippen LogP contribution in [0.3, 0.4) is 0 Å². The zero-order valence-electron chi connectivity index (χ0n) is 76.9. The Kier molecular flexibility index (Phi) is 27.6. The molecule has 0 aromatic heterocycles. The van der Waals surface area contributed by atoms with Gasteiger partial charge in [-0.2, -0.15) is 0 Å². The minimum absolute atomic E-state index is 0. The molecule has 6 aromatic carbocycles. The van der Waals surface area contributed by atoms with Crippen molar-refractivity contribution in [3.05, 3.63) is 285 Å². The van der Waals surface area contributed by atoms with Gasteiger partial charge in [0.05, 0.1) is 46.8 Å². The minimum atomic E-state index is -0.558. The van der Waals surface area contributed by atoms with E-state index in [1.54, 1.807) is 5.70 Å². The normalized spacial score (nSPS) is 28.6. The van der Waals surface area contributed by atoms with Crippen molar-refractivity contribution in [2.45, 2.75) is 370 Å². The molecule has 674 valence electrons. The monoisotopic (exact) mass is 1690 g/mol. The van der Waals surface area contributed by atoms with E-state index in [1.165, 1.54) is 334 Å². The van der Waals surface area contributed by atoms with E-state index in [-0.39, 0.29) is 46.3 Å². The highest BCUT2D eigenvalue weighted by atomic mass is 15.5. The number of benzene rings is 6. The molecule has 7 unspecified atom stereocenters. The number of para-hydroxylation sites is 4. The number of allylic oxidation sites excluding steroid dienone is 8. The van der Waals surface area contributed by atoms with Crippen LogP contribution in [0.5, 0.6) is 0 Å². The fourth-order valence-corrected chi connectivity index (χ4v) is 29.1. The van der Waals surface area contributed by atoms with Crippen LogP contribution in [-0.2, 0) is 11.1 Å². The lowest BCUT2D eigenvalue weighted by molar-refractivity contribution is 0.0235. The molecule has 7 atom stereocenters. The van der Waals surface area contributed by atoms with Crippen LogP contribution in [0.1, 0.15) is 330 Å². The lowest BCUT2D eigenvalue weighted by Gasteiger charge is -2.52. The highest BCUT2D eigenvalue weighted by Gasteiger charge is 2.62. The van der Waals surface area contributed by atoms with Crippen molar-refractivity contribution < 1.29 is 1.37 Å². The van der Waals surface area contributed by atoms with E-state index in [0.717, 1.165) is 17.8 Å². The van der Waals surface area contributed by atoms with Gasteiger partial charge in [0.25, 0.3) is 0 Å². The lowest BCUT2D eigenvalue weighted by Crippen LogP contribution is -2.60. The van der Waals surface area contributed by atoms with Crippen LogP contribution < -0.4 is 19.6 Å². The number of nitrogens with zero attached hydrogens (tertiary/aromatic N) is 8. The van der Waals surface area contributed by atoms with Crippen molar-refractivity contribution in [1.29, 1.82) is 0 Å². The van der Waals surface area contributed by atoms with E-state index in [4.69, 9.17) is 0 Å². The number of rotatable bonds is 15. The average molecular weight is 1690 g/mol. The Hall–Kier alpha value is -8.36. The van der Waals surface area contributed by atoms with E-state index in [1.807, 2.05) is 0 Å². The summed E-state index contributed by atoms with van der Waals surface area (Å²) in [6.07, 6.45) is 72.1. The van der Waals surface area contributed by atoms with E-state index in [0.29, 0.717) is 60.2 Å². The first-order chi connectivity index (χ1) is 60.3. The molecule has 8 aliphatic heterocycles. The Balaban J connectivity index is 0.000000124. The Morgan fingerprint density at radius 2 is 0.516 bits per heavy atom. The van der Waals surface area contributed by atoms with Gasteiger partial charge >= 0.3 is 0 Å². The summed E-state index contributed by atoms with van der Waals surface area (Å²) in [6.45, 7) is 18.5. The van der Waals surface area contributed by atoms with Gasteiger partial charge in [0, 0.05) is 45.5 Å². The summed E-state index contributed by atoms with van der Waals surface area (Å²) in [5.41, 5.74) is 25.8.